The van der Waals surface area contributed by atoms with Crippen LogP contribution in [0.1, 0.15) is 24.8 Å². The van der Waals surface area contributed by atoms with Gasteiger partial charge in [0.25, 0.3) is 0 Å². The van der Waals surface area contributed by atoms with Gasteiger partial charge >= 0.3 is 0 Å². The molecule has 3 rings (SSSR count). The Labute approximate surface area is 143 Å². The lowest BCUT2D eigenvalue weighted by Gasteiger charge is -2.30. The molecule has 0 aromatic heterocycles. The number of nitrogens with zero attached hydrogens (tertiary/aromatic N) is 1. The van der Waals surface area contributed by atoms with Gasteiger partial charge in [0.1, 0.15) is 5.75 Å². The molecule has 1 fully saturated rings. The Kier molecular flexibility index (Phi) is 5.36. The fraction of sp³-hybridized carbons (Fsp3) is 0.350. The van der Waals surface area contributed by atoms with E-state index in [1.807, 2.05) is 42.5 Å². The fourth-order valence-electron chi connectivity index (χ4n) is 3.21. The van der Waals surface area contributed by atoms with Crippen molar-refractivity contribution in [2.45, 2.75) is 25.7 Å². The van der Waals surface area contributed by atoms with Gasteiger partial charge in [-0.3, -0.25) is 4.79 Å². The largest absolute Gasteiger partial charge is 0.496 e. The second-order valence-corrected chi connectivity index (χ2v) is 6.10. The first kappa shape index (κ1) is 16.4. The number of rotatable bonds is 5. The molecule has 0 spiro atoms. The maximum Gasteiger partial charge on any atom is 0.228 e. The zero-order valence-corrected chi connectivity index (χ0v) is 14.1. The van der Waals surface area contributed by atoms with Crippen molar-refractivity contribution >= 4 is 17.3 Å². The van der Waals surface area contributed by atoms with Gasteiger partial charge in [-0.1, -0.05) is 30.3 Å². The van der Waals surface area contributed by atoms with Gasteiger partial charge in [0.2, 0.25) is 5.91 Å². The first-order chi connectivity index (χ1) is 11.8. The van der Waals surface area contributed by atoms with Crippen LogP contribution in [0.15, 0.2) is 48.5 Å². The molecule has 1 N–H and O–H groups in total. The highest BCUT2D eigenvalue weighted by atomic mass is 16.5. The van der Waals surface area contributed by atoms with E-state index in [0.29, 0.717) is 6.42 Å². The number of piperidine rings is 1. The molecule has 0 bridgehead atoms. The Hall–Kier alpha value is -2.49. The minimum atomic E-state index is -0.0241. The maximum absolute atomic E-state index is 12.5. The minimum absolute atomic E-state index is 0.0241. The molecular formula is C20H24N2O2. The van der Waals surface area contributed by atoms with Crippen molar-refractivity contribution in [1.29, 1.82) is 0 Å². The van der Waals surface area contributed by atoms with E-state index in [2.05, 4.69) is 16.3 Å². The molecule has 0 radical (unpaired) electrons. The van der Waals surface area contributed by atoms with Crippen LogP contribution in [-0.4, -0.2) is 26.1 Å². The number of methoxy groups -OCH3 is 1. The zero-order valence-electron chi connectivity index (χ0n) is 14.1. The molecule has 1 saturated heterocycles. The van der Waals surface area contributed by atoms with Crippen molar-refractivity contribution in [3.8, 4) is 5.75 Å². The van der Waals surface area contributed by atoms with E-state index in [1.165, 1.54) is 19.3 Å². The SMILES string of the molecule is COc1ccccc1CC(=O)Nc1ccccc1N1CCCCC1. The Morgan fingerprint density at radius 3 is 2.54 bits per heavy atom. The van der Waals surface area contributed by atoms with Crippen LogP contribution in [-0.2, 0) is 11.2 Å². The van der Waals surface area contributed by atoms with Crippen LogP contribution in [0.5, 0.6) is 5.75 Å². The maximum atomic E-state index is 12.5. The van der Waals surface area contributed by atoms with E-state index in [9.17, 15) is 4.79 Å². The van der Waals surface area contributed by atoms with E-state index >= 15 is 0 Å². The number of carbonyl (C=O) groups excluding carboxylic acids is 1. The van der Waals surface area contributed by atoms with Gasteiger partial charge in [-0.05, 0) is 37.5 Å². The molecule has 1 aliphatic heterocycles. The molecule has 4 heteroatoms. The summed E-state index contributed by atoms with van der Waals surface area (Å²) in [4.78, 5) is 14.9. The van der Waals surface area contributed by atoms with Crippen LogP contribution < -0.4 is 15.0 Å². The third kappa shape index (κ3) is 3.88. The van der Waals surface area contributed by atoms with Crippen molar-refractivity contribution in [1.82, 2.24) is 0 Å². The van der Waals surface area contributed by atoms with Gasteiger partial charge < -0.3 is 15.0 Å². The number of anilines is 2. The molecule has 126 valence electrons. The first-order valence-electron chi connectivity index (χ1n) is 8.53. The fourth-order valence-corrected chi connectivity index (χ4v) is 3.21. The lowest BCUT2D eigenvalue weighted by atomic mass is 10.1. The first-order valence-corrected chi connectivity index (χ1v) is 8.53. The minimum Gasteiger partial charge on any atom is -0.496 e. The van der Waals surface area contributed by atoms with E-state index < -0.39 is 0 Å². The number of nitrogens with one attached hydrogen (secondary N) is 1. The molecule has 1 aliphatic rings. The summed E-state index contributed by atoms with van der Waals surface area (Å²) >= 11 is 0. The van der Waals surface area contributed by atoms with Crippen molar-refractivity contribution in [3.63, 3.8) is 0 Å². The smallest absolute Gasteiger partial charge is 0.228 e. The van der Waals surface area contributed by atoms with Gasteiger partial charge in [-0.2, -0.15) is 0 Å². The predicted octanol–water partition coefficient (Wildman–Crippen LogP) is 3.87. The predicted molar refractivity (Wildman–Crippen MR) is 97.8 cm³/mol. The van der Waals surface area contributed by atoms with Gasteiger partial charge in [-0.15, -0.1) is 0 Å². The lowest BCUT2D eigenvalue weighted by molar-refractivity contribution is -0.115. The summed E-state index contributed by atoms with van der Waals surface area (Å²) < 4.78 is 5.33. The van der Waals surface area contributed by atoms with Crippen molar-refractivity contribution < 1.29 is 9.53 Å². The molecule has 4 nitrogen and oxygen atoms in total. The lowest BCUT2D eigenvalue weighted by Crippen LogP contribution is -2.30. The number of ether oxygens (including phenoxy) is 1. The highest BCUT2D eigenvalue weighted by Crippen LogP contribution is 2.28. The molecule has 0 unspecified atom stereocenters. The molecule has 24 heavy (non-hydrogen) atoms. The third-order valence-electron chi connectivity index (χ3n) is 4.42. The number of para-hydroxylation sites is 3. The van der Waals surface area contributed by atoms with E-state index in [4.69, 9.17) is 4.74 Å². The normalized spacial score (nSPS) is 14.3. The van der Waals surface area contributed by atoms with Crippen molar-refractivity contribution in [3.05, 3.63) is 54.1 Å². The monoisotopic (exact) mass is 324 g/mol. The Balaban J connectivity index is 1.72. The Bertz CT molecular complexity index is 694. The van der Waals surface area contributed by atoms with Crippen LogP contribution in [0.2, 0.25) is 0 Å². The van der Waals surface area contributed by atoms with Crippen LogP contribution in [0.3, 0.4) is 0 Å². The van der Waals surface area contributed by atoms with E-state index in [0.717, 1.165) is 35.8 Å². The van der Waals surface area contributed by atoms with Crippen LogP contribution >= 0.6 is 0 Å². The number of hydrogen-bond acceptors (Lipinski definition) is 3. The van der Waals surface area contributed by atoms with Crippen LogP contribution in [0.25, 0.3) is 0 Å². The quantitative estimate of drug-likeness (QED) is 0.908. The summed E-state index contributed by atoms with van der Waals surface area (Å²) in [7, 11) is 1.63. The van der Waals surface area contributed by atoms with Gasteiger partial charge in [0.15, 0.2) is 0 Å². The Morgan fingerprint density at radius 1 is 1.04 bits per heavy atom. The van der Waals surface area contributed by atoms with Crippen molar-refractivity contribution in [2.24, 2.45) is 0 Å². The Morgan fingerprint density at radius 2 is 1.75 bits per heavy atom. The average molecular weight is 324 g/mol. The van der Waals surface area contributed by atoms with E-state index in [1.54, 1.807) is 7.11 Å². The molecule has 0 saturated carbocycles. The molecule has 2 aromatic rings. The second kappa shape index (κ2) is 7.86. The van der Waals surface area contributed by atoms with E-state index in [-0.39, 0.29) is 5.91 Å². The van der Waals surface area contributed by atoms with Gasteiger partial charge in [-0.25, -0.2) is 0 Å². The second-order valence-electron chi connectivity index (χ2n) is 6.10. The number of benzene rings is 2. The molecule has 2 aromatic carbocycles. The van der Waals surface area contributed by atoms with Gasteiger partial charge in [0.05, 0.1) is 24.9 Å². The highest BCUT2D eigenvalue weighted by Gasteiger charge is 2.16. The number of amides is 1. The highest BCUT2D eigenvalue weighted by molar-refractivity contribution is 5.95. The average Bonchev–Trinajstić information content (AvgIpc) is 2.63. The summed E-state index contributed by atoms with van der Waals surface area (Å²) in [6.07, 6.45) is 4.02. The van der Waals surface area contributed by atoms with Crippen LogP contribution in [0, 0.1) is 0 Å². The number of carbonyl (C=O) groups is 1. The molecule has 0 atom stereocenters. The summed E-state index contributed by atoms with van der Waals surface area (Å²) in [5, 5.41) is 3.07. The summed E-state index contributed by atoms with van der Waals surface area (Å²) in [5.74, 6) is 0.723. The van der Waals surface area contributed by atoms with Crippen molar-refractivity contribution in [2.75, 3.05) is 30.4 Å². The molecule has 0 aliphatic carbocycles. The summed E-state index contributed by atoms with van der Waals surface area (Å²) in [6, 6.07) is 15.7. The summed E-state index contributed by atoms with van der Waals surface area (Å²) in [6.45, 7) is 2.11. The van der Waals surface area contributed by atoms with Gasteiger partial charge in [0, 0.05) is 18.7 Å². The van der Waals surface area contributed by atoms with Crippen LogP contribution in [0.4, 0.5) is 11.4 Å². The topological polar surface area (TPSA) is 41.6 Å². The molecular weight excluding hydrogens is 300 g/mol. The summed E-state index contributed by atoms with van der Waals surface area (Å²) in [5.41, 5.74) is 2.90. The molecule has 1 heterocycles. The number of hydrogen-bond donors (Lipinski definition) is 1. The molecule has 1 amide bonds. The third-order valence-corrected chi connectivity index (χ3v) is 4.42. The zero-order chi connectivity index (χ0) is 16.8. The standard InChI is InChI=1S/C20H24N2O2/c1-24-19-12-6-3-9-16(19)15-20(23)21-17-10-4-5-11-18(17)22-13-7-2-8-14-22/h3-6,9-12H,2,7-8,13-15H2,1H3,(H,21,23).